The maximum atomic E-state index is 12.8. The number of ether oxygens (including phenoxy) is 3. The van der Waals surface area contributed by atoms with Crippen LogP contribution in [0.3, 0.4) is 0 Å². The van der Waals surface area contributed by atoms with Crippen molar-refractivity contribution in [1.82, 2.24) is 0 Å². The van der Waals surface area contributed by atoms with Crippen LogP contribution in [0.4, 0.5) is 0 Å². The van der Waals surface area contributed by atoms with E-state index in [2.05, 4.69) is 118 Å². The highest BCUT2D eigenvalue weighted by atomic mass is 16.6. The van der Waals surface area contributed by atoms with Crippen molar-refractivity contribution < 1.29 is 28.6 Å². The molecule has 69 heavy (non-hydrogen) atoms. The number of allylic oxidation sites excluding steroid dienone is 26. The minimum atomic E-state index is -0.832. The first-order valence-electron chi connectivity index (χ1n) is 27.1. The van der Waals surface area contributed by atoms with Crippen molar-refractivity contribution in [2.45, 2.75) is 207 Å². The molecule has 0 spiro atoms. The van der Waals surface area contributed by atoms with E-state index < -0.39 is 6.10 Å². The molecule has 0 aliphatic rings. The van der Waals surface area contributed by atoms with E-state index in [4.69, 9.17) is 14.2 Å². The molecule has 6 nitrogen and oxygen atoms in total. The Bertz CT molecular complexity index is 1610. The number of rotatable bonds is 46. The molecule has 0 N–H and O–H groups in total. The van der Waals surface area contributed by atoms with Gasteiger partial charge in [-0.25, -0.2) is 0 Å². The van der Waals surface area contributed by atoms with E-state index in [1.165, 1.54) is 32.1 Å². The molecule has 0 aromatic rings. The van der Waals surface area contributed by atoms with Gasteiger partial charge in [-0.05, 0) is 103 Å². The van der Waals surface area contributed by atoms with Crippen molar-refractivity contribution in [3.05, 3.63) is 158 Å². The molecule has 6 heteroatoms. The molecule has 0 radical (unpaired) electrons. The Labute approximate surface area is 422 Å². The Morgan fingerprint density at radius 3 is 1.07 bits per heavy atom. The van der Waals surface area contributed by atoms with Crippen molar-refractivity contribution in [3.8, 4) is 0 Å². The second kappa shape index (κ2) is 55.6. The zero-order valence-corrected chi connectivity index (χ0v) is 43.8. The van der Waals surface area contributed by atoms with Crippen LogP contribution in [0.2, 0.25) is 0 Å². The molecule has 0 aromatic carbocycles. The number of carbonyl (C=O) groups excluding carboxylic acids is 3. The van der Waals surface area contributed by atoms with E-state index in [0.717, 1.165) is 122 Å². The summed E-state index contributed by atoms with van der Waals surface area (Å²) in [5.41, 5.74) is 0. The van der Waals surface area contributed by atoms with Gasteiger partial charge in [-0.3, -0.25) is 14.4 Å². The fraction of sp³-hybridized carbons (Fsp3) is 0.540. The van der Waals surface area contributed by atoms with Crippen molar-refractivity contribution in [3.63, 3.8) is 0 Å². The summed E-state index contributed by atoms with van der Waals surface area (Å²) in [6.45, 7) is 6.26. The van der Waals surface area contributed by atoms with Gasteiger partial charge >= 0.3 is 17.9 Å². The lowest BCUT2D eigenvalue weighted by atomic mass is 10.1. The Kier molecular flexibility index (Phi) is 51.6. The molecule has 0 heterocycles. The first-order valence-corrected chi connectivity index (χ1v) is 27.1. The van der Waals surface area contributed by atoms with Gasteiger partial charge in [0.05, 0.1) is 0 Å². The number of hydrogen-bond acceptors (Lipinski definition) is 6. The lowest BCUT2D eigenvalue weighted by Gasteiger charge is -2.18. The summed E-state index contributed by atoms with van der Waals surface area (Å²) in [5, 5.41) is 0. The normalized spacial score (nSPS) is 13.4. The molecule has 0 saturated carbocycles. The van der Waals surface area contributed by atoms with E-state index in [1.54, 1.807) is 0 Å². The van der Waals surface area contributed by atoms with Crippen molar-refractivity contribution >= 4 is 17.9 Å². The Morgan fingerprint density at radius 2 is 0.638 bits per heavy atom. The largest absolute Gasteiger partial charge is 0.462 e. The zero-order valence-electron chi connectivity index (χ0n) is 43.8. The van der Waals surface area contributed by atoms with Crippen LogP contribution in [0.25, 0.3) is 0 Å². The summed E-state index contributed by atoms with van der Waals surface area (Å²) in [5.74, 6) is -1.03. The molecule has 0 amide bonds. The predicted molar refractivity (Wildman–Crippen MR) is 297 cm³/mol. The molecule has 1 unspecified atom stereocenters. The first-order chi connectivity index (χ1) is 34.0. The van der Waals surface area contributed by atoms with Crippen molar-refractivity contribution in [1.29, 1.82) is 0 Å². The summed E-state index contributed by atoms with van der Waals surface area (Å²) in [4.78, 5) is 38.1. The highest BCUT2D eigenvalue weighted by Gasteiger charge is 2.19. The summed E-state index contributed by atoms with van der Waals surface area (Å²) < 4.78 is 16.8. The Hall–Kier alpha value is -4.97. The third-order valence-electron chi connectivity index (χ3n) is 10.7. The van der Waals surface area contributed by atoms with Crippen LogP contribution in [0.5, 0.6) is 0 Å². The standard InChI is InChI=1S/C63H96O6/c1-4-7-10-13-16-19-22-25-28-31-33-35-38-41-44-47-50-53-56-62(65)68-59-60(58-67-61(64)55-52-49-46-43-40-37-34-30-27-24-21-18-15-12-9-6-3)69-63(66)57-54-51-48-45-42-39-36-32-29-26-23-20-17-14-11-8-5-2/h8-9,11-12,14,17-18,20-23,25-33,35-37,39-40,42,60H,4-7,10,13,15-16,19,24,34,38,41,43-59H2,1-3H3/b11-8-,12-9-,17-14-,21-18-,23-20-,25-22-,29-26-,30-27-,31-28-,35-33-,36-32+,40-37-,42-39-. The molecule has 0 aromatic heterocycles. The SMILES string of the molecule is CC\C=C/C=C\C=C/C=C\C=C\C=C/CCCCCC(=O)OC(COC(=O)CCCCC/C=C\C/C=C\C/C=C\C/C=C\CC)COC(=O)CCCCCCC\C=C/C=C\C=C/CCCCCCC. The average molecular weight is 949 g/mol. The molecule has 0 aliphatic carbocycles. The van der Waals surface area contributed by atoms with E-state index in [9.17, 15) is 14.4 Å². The third kappa shape index (κ3) is 53.8. The first kappa shape index (κ1) is 64.0. The maximum absolute atomic E-state index is 12.8. The van der Waals surface area contributed by atoms with Gasteiger partial charge in [0.25, 0.3) is 0 Å². The smallest absolute Gasteiger partial charge is 0.306 e. The van der Waals surface area contributed by atoms with Crippen LogP contribution >= 0.6 is 0 Å². The van der Waals surface area contributed by atoms with Gasteiger partial charge in [0.2, 0.25) is 0 Å². The highest BCUT2D eigenvalue weighted by molar-refractivity contribution is 5.71. The average Bonchev–Trinajstić information content (AvgIpc) is 3.35. The Balaban J connectivity index is 4.62. The van der Waals surface area contributed by atoms with Gasteiger partial charge < -0.3 is 14.2 Å². The number of hydrogen-bond donors (Lipinski definition) is 0. The van der Waals surface area contributed by atoms with E-state index in [1.807, 2.05) is 60.8 Å². The quantitative estimate of drug-likeness (QED) is 0.0199. The molecule has 0 bridgehead atoms. The highest BCUT2D eigenvalue weighted by Crippen LogP contribution is 2.12. The molecule has 1 atom stereocenters. The molecule has 0 saturated heterocycles. The third-order valence-corrected chi connectivity index (χ3v) is 10.7. The van der Waals surface area contributed by atoms with Crippen LogP contribution in [0.1, 0.15) is 201 Å². The fourth-order valence-electron chi connectivity index (χ4n) is 6.70. The fourth-order valence-corrected chi connectivity index (χ4v) is 6.70. The number of esters is 3. The molecule has 0 fully saturated rings. The van der Waals surface area contributed by atoms with Gasteiger partial charge in [0.1, 0.15) is 13.2 Å². The van der Waals surface area contributed by atoms with Crippen LogP contribution in [-0.4, -0.2) is 37.2 Å². The molecule has 384 valence electrons. The second-order valence-electron chi connectivity index (χ2n) is 17.2. The van der Waals surface area contributed by atoms with Crippen molar-refractivity contribution in [2.75, 3.05) is 13.2 Å². The molecular weight excluding hydrogens is 853 g/mol. The monoisotopic (exact) mass is 949 g/mol. The lowest BCUT2D eigenvalue weighted by Crippen LogP contribution is -2.30. The van der Waals surface area contributed by atoms with Gasteiger partial charge in [-0.15, -0.1) is 0 Å². The summed E-state index contributed by atoms with van der Waals surface area (Å²) in [6.07, 6.45) is 80.8. The topological polar surface area (TPSA) is 78.9 Å². The molecular formula is C63H96O6. The summed E-state index contributed by atoms with van der Waals surface area (Å²) in [6, 6.07) is 0. The van der Waals surface area contributed by atoms with Crippen LogP contribution in [0.15, 0.2) is 158 Å². The second-order valence-corrected chi connectivity index (χ2v) is 17.2. The van der Waals surface area contributed by atoms with E-state index in [0.29, 0.717) is 19.3 Å². The van der Waals surface area contributed by atoms with E-state index in [-0.39, 0.29) is 37.5 Å². The predicted octanol–water partition coefficient (Wildman–Crippen LogP) is 18.2. The van der Waals surface area contributed by atoms with Crippen molar-refractivity contribution in [2.24, 2.45) is 0 Å². The van der Waals surface area contributed by atoms with Gasteiger partial charge in [0, 0.05) is 19.3 Å². The maximum Gasteiger partial charge on any atom is 0.306 e. The van der Waals surface area contributed by atoms with Crippen LogP contribution in [-0.2, 0) is 28.6 Å². The minimum Gasteiger partial charge on any atom is -0.462 e. The van der Waals surface area contributed by atoms with Crippen LogP contribution in [0, 0.1) is 0 Å². The summed E-state index contributed by atoms with van der Waals surface area (Å²) in [7, 11) is 0. The number of carbonyl (C=O) groups is 3. The van der Waals surface area contributed by atoms with Crippen LogP contribution < -0.4 is 0 Å². The Morgan fingerprint density at radius 1 is 0.319 bits per heavy atom. The lowest BCUT2D eigenvalue weighted by molar-refractivity contribution is -0.167. The van der Waals surface area contributed by atoms with Gasteiger partial charge in [-0.2, -0.15) is 0 Å². The van der Waals surface area contributed by atoms with Gasteiger partial charge in [0.15, 0.2) is 6.10 Å². The molecule has 0 aliphatic heterocycles. The number of unbranched alkanes of at least 4 members (excludes halogenated alkanes) is 16. The summed E-state index contributed by atoms with van der Waals surface area (Å²) >= 11 is 0. The molecule has 0 rings (SSSR count). The zero-order chi connectivity index (χ0) is 50.0. The van der Waals surface area contributed by atoms with E-state index >= 15 is 0 Å². The van der Waals surface area contributed by atoms with Gasteiger partial charge in [-0.1, -0.05) is 237 Å². The minimum absolute atomic E-state index is 0.125.